The summed E-state index contributed by atoms with van der Waals surface area (Å²) in [5.41, 5.74) is 11.0. The minimum atomic E-state index is 0.292. The van der Waals surface area contributed by atoms with Gasteiger partial charge in [0.1, 0.15) is 0 Å². The monoisotopic (exact) mass is 261 g/mol. The maximum absolute atomic E-state index is 5.75. The van der Waals surface area contributed by atoms with E-state index in [1.165, 1.54) is 5.56 Å². The van der Waals surface area contributed by atoms with E-state index in [1.54, 1.807) is 6.20 Å². The number of benzene rings is 2. The Labute approximate surface area is 118 Å². The third-order valence-corrected chi connectivity index (χ3v) is 3.18. The second kappa shape index (κ2) is 5.13. The zero-order valence-electron chi connectivity index (χ0n) is 11.2. The van der Waals surface area contributed by atoms with Gasteiger partial charge in [0.25, 0.3) is 0 Å². The van der Waals surface area contributed by atoms with Crippen LogP contribution in [0.15, 0.2) is 60.8 Å². The quantitative estimate of drug-likeness (QED) is 0.765. The summed E-state index contributed by atoms with van der Waals surface area (Å²) in [5.74, 6) is 0.292. The summed E-state index contributed by atoms with van der Waals surface area (Å²) >= 11 is 0. The molecule has 0 aliphatic carbocycles. The lowest BCUT2D eigenvalue weighted by Gasteiger charge is -2.10. The molecule has 0 spiro atoms. The van der Waals surface area contributed by atoms with E-state index in [4.69, 9.17) is 5.73 Å². The Morgan fingerprint density at radius 1 is 0.900 bits per heavy atom. The number of aromatic nitrogens is 2. The van der Waals surface area contributed by atoms with Crippen LogP contribution in [-0.2, 0) is 0 Å². The van der Waals surface area contributed by atoms with Crippen LogP contribution in [0, 0.1) is 6.92 Å². The van der Waals surface area contributed by atoms with Gasteiger partial charge in [0, 0.05) is 17.3 Å². The van der Waals surface area contributed by atoms with E-state index < -0.39 is 0 Å². The van der Waals surface area contributed by atoms with Gasteiger partial charge < -0.3 is 5.73 Å². The molecule has 0 radical (unpaired) electrons. The number of nitrogen functional groups attached to an aromatic ring is 1. The summed E-state index contributed by atoms with van der Waals surface area (Å²) in [7, 11) is 0. The third-order valence-electron chi connectivity index (χ3n) is 3.18. The molecule has 2 N–H and O–H groups in total. The zero-order chi connectivity index (χ0) is 13.9. The minimum Gasteiger partial charge on any atom is -0.368 e. The van der Waals surface area contributed by atoms with Gasteiger partial charge in [-0.3, -0.25) is 0 Å². The van der Waals surface area contributed by atoms with E-state index in [2.05, 4.69) is 35.1 Å². The van der Waals surface area contributed by atoms with Crippen molar-refractivity contribution in [2.24, 2.45) is 0 Å². The smallest absolute Gasteiger partial charge is 0.220 e. The summed E-state index contributed by atoms with van der Waals surface area (Å²) in [5, 5.41) is 0. The Morgan fingerprint density at radius 3 is 2.40 bits per heavy atom. The molecule has 98 valence electrons. The van der Waals surface area contributed by atoms with Crippen molar-refractivity contribution in [1.82, 2.24) is 9.97 Å². The zero-order valence-corrected chi connectivity index (χ0v) is 11.2. The Kier molecular flexibility index (Phi) is 3.17. The van der Waals surface area contributed by atoms with Gasteiger partial charge >= 0.3 is 0 Å². The van der Waals surface area contributed by atoms with Gasteiger partial charge in [-0.2, -0.15) is 0 Å². The molecule has 1 heterocycles. The lowest BCUT2D eigenvalue weighted by Crippen LogP contribution is -1.98. The number of anilines is 1. The van der Waals surface area contributed by atoms with Crippen LogP contribution >= 0.6 is 0 Å². The molecule has 0 bridgehead atoms. The molecule has 0 aliphatic rings. The fourth-order valence-corrected chi connectivity index (χ4v) is 2.24. The molecule has 1 aromatic heterocycles. The van der Waals surface area contributed by atoms with Crippen LogP contribution in [0.2, 0.25) is 0 Å². The number of rotatable bonds is 2. The van der Waals surface area contributed by atoms with Crippen LogP contribution in [0.5, 0.6) is 0 Å². The molecule has 0 aliphatic heterocycles. The molecular formula is C17H15N3. The maximum Gasteiger partial charge on any atom is 0.220 e. The summed E-state index contributed by atoms with van der Waals surface area (Å²) < 4.78 is 0. The number of aryl methyl sites for hydroxylation is 1. The topological polar surface area (TPSA) is 51.8 Å². The van der Waals surface area contributed by atoms with Crippen molar-refractivity contribution in [2.45, 2.75) is 6.92 Å². The highest BCUT2D eigenvalue weighted by atomic mass is 15.0. The molecule has 2 aromatic carbocycles. The molecular weight excluding hydrogens is 246 g/mol. The van der Waals surface area contributed by atoms with Crippen LogP contribution in [0.3, 0.4) is 0 Å². The fourth-order valence-electron chi connectivity index (χ4n) is 2.24. The number of nitrogens with zero attached hydrogens (tertiary/aromatic N) is 2. The molecule has 3 aromatic rings. The molecule has 0 saturated heterocycles. The Hall–Kier alpha value is -2.68. The summed E-state index contributed by atoms with van der Waals surface area (Å²) in [6.45, 7) is 2.07. The summed E-state index contributed by atoms with van der Waals surface area (Å²) in [4.78, 5) is 8.55. The number of hydrogen-bond donors (Lipinski definition) is 1. The molecule has 3 heteroatoms. The van der Waals surface area contributed by atoms with E-state index in [0.29, 0.717) is 5.95 Å². The molecule has 0 unspecified atom stereocenters. The molecule has 0 fully saturated rings. The molecule has 0 amide bonds. The predicted octanol–water partition coefficient (Wildman–Crippen LogP) is 3.70. The first-order valence-electron chi connectivity index (χ1n) is 6.49. The normalized spacial score (nSPS) is 10.4. The van der Waals surface area contributed by atoms with Crippen molar-refractivity contribution in [3.05, 3.63) is 66.4 Å². The lowest BCUT2D eigenvalue weighted by atomic mass is 9.99. The van der Waals surface area contributed by atoms with Crippen molar-refractivity contribution in [3.8, 4) is 22.4 Å². The van der Waals surface area contributed by atoms with Gasteiger partial charge in [0.2, 0.25) is 5.95 Å². The second-order valence-corrected chi connectivity index (χ2v) is 4.73. The highest BCUT2D eigenvalue weighted by Gasteiger charge is 2.10. The van der Waals surface area contributed by atoms with Gasteiger partial charge in [-0.05, 0) is 12.5 Å². The second-order valence-electron chi connectivity index (χ2n) is 4.73. The van der Waals surface area contributed by atoms with Crippen LogP contribution < -0.4 is 5.73 Å². The van der Waals surface area contributed by atoms with Crippen molar-refractivity contribution in [3.63, 3.8) is 0 Å². The largest absolute Gasteiger partial charge is 0.368 e. The SMILES string of the molecule is Cc1cccc(-c2cnc(N)nc2-c2ccccc2)c1. The average Bonchev–Trinajstić information content (AvgIpc) is 2.48. The van der Waals surface area contributed by atoms with Crippen LogP contribution in [0.1, 0.15) is 5.56 Å². The Morgan fingerprint density at radius 2 is 1.65 bits per heavy atom. The highest BCUT2D eigenvalue weighted by molar-refractivity contribution is 5.80. The van der Waals surface area contributed by atoms with Crippen molar-refractivity contribution >= 4 is 5.95 Å². The molecule has 3 nitrogen and oxygen atoms in total. The fraction of sp³-hybridized carbons (Fsp3) is 0.0588. The van der Waals surface area contributed by atoms with Crippen molar-refractivity contribution in [1.29, 1.82) is 0 Å². The lowest BCUT2D eigenvalue weighted by molar-refractivity contribution is 1.19. The van der Waals surface area contributed by atoms with Crippen LogP contribution in [0.25, 0.3) is 22.4 Å². The summed E-state index contributed by atoms with van der Waals surface area (Å²) in [6.07, 6.45) is 1.79. The molecule has 0 saturated carbocycles. The van der Waals surface area contributed by atoms with Gasteiger partial charge in [-0.15, -0.1) is 0 Å². The average molecular weight is 261 g/mol. The van der Waals surface area contributed by atoms with Gasteiger partial charge in [0.15, 0.2) is 0 Å². The van der Waals surface area contributed by atoms with Gasteiger partial charge in [0.05, 0.1) is 5.69 Å². The maximum atomic E-state index is 5.75. The summed E-state index contributed by atoms with van der Waals surface area (Å²) in [6, 6.07) is 18.3. The van der Waals surface area contributed by atoms with Crippen molar-refractivity contribution < 1.29 is 0 Å². The first-order valence-corrected chi connectivity index (χ1v) is 6.49. The van der Waals surface area contributed by atoms with Gasteiger partial charge in [-0.1, -0.05) is 60.2 Å². The predicted molar refractivity (Wildman–Crippen MR) is 82.1 cm³/mol. The molecule has 20 heavy (non-hydrogen) atoms. The van der Waals surface area contributed by atoms with E-state index in [0.717, 1.165) is 22.4 Å². The van der Waals surface area contributed by atoms with Gasteiger partial charge in [-0.25, -0.2) is 9.97 Å². The first-order chi connectivity index (χ1) is 9.74. The van der Waals surface area contributed by atoms with Crippen LogP contribution in [-0.4, -0.2) is 9.97 Å². The molecule has 0 atom stereocenters. The standard InChI is InChI=1S/C17H15N3/c1-12-6-5-9-14(10-12)15-11-19-17(18)20-16(15)13-7-3-2-4-8-13/h2-11H,1H3,(H2,18,19,20). The number of hydrogen-bond acceptors (Lipinski definition) is 3. The van der Waals surface area contributed by atoms with Crippen molar-refractivity contribution in [2.75, 3.05) is 5.73 Å². The van der Waals surface area contributed by atoms with E-state index in [-0.39, 0.29) is 0 Å². The van der Waals surface area contributed by atoms with E-state index in [9.17, 15) is 0 Å². The molecule has 3 rings (SSSR count). The number of nitrogens with two attached hydrogens (primary N) is 1. The highest BCUT2D eigenvalue weighted by Crippen LogP contribution is 2.30. The third kappa shape index (κ3) is 2.38. The Bertz CT molecular complexity index is 736. The Balaban J connectivity index is 2.22. The first kappa shape index (κ1) is 12.4. The van der Waals surface area contributed by atoms with Crippen LogP contribution in [0.4, 0.5) is 5.95 Å². The van der Waals surface area contributed by atoms with E-state index >= 15 is 0 Å². The minimum absolute atomic E-state index is 0.292. The van der Waals surface area contributed by atoms with E-state index in [1.807, 2.05) is 36.4 Å².